The SMILES string of the molecule is O=C1C[C@H](c2ccccc2)c2cccc(Oc3ccc(Cl)cc3)c21. The van der Waals surface area contributed by atoms with Crippen LogP contribution in [0.2, 0.25) is 5.02 Å². The Balaban J connectivity index is 1.73. The molecule has 1 aliphatic carbocycles. The van der Waals surface area contributed by atoms with Gasteiger partial charge in [-0.1, -0.05) is 54.1 Å². The van der Waals surface area contributed by atoms with E-state index in [4.69, 9.17) is 16.3 Å². The van der Waals surface area contributed by atoms with Crippen LogP contribution in [0.1, 0.15) is 33.8 Å². The maximum Gasteiger partial charge on any atom is 0.167 e. The number of hydrogen-bond donors (Lipinski definition) is 0. The molecule has 1 aliphatic rings. The number of halogens is 1. The Morgan fingerprint density at radius 3 is 2.38 bits per heavy atom. The summed E-state index contributed by atoms with van der Waals surface area (Å²) < 4.78 is 5.95. The molecule has 0 spiro atoms. The second-order valence-electron chi connectivity index (χ2n) is 5.87. The highest BCUT2D eigenvalue weighted by Crippen LogP contribution is 2.42. The predicted molar refractivity (Wildman–Crippen MR) is 95.2 cm³/mol. The first-order valence-corrected chi connectivity index (χ1v) is 8.24. The molecule has 0 unspecified atom stereocenters. The lowest BCUT2D eigenvalue weighted by atomic mass is 9.93. The fraction of sp³-hybridized carbons (Fsp3) is 0.0952. The van der Waals surface area contributed by atoms with Gasteiger partial charge in [0.25, 0.3) is 0 Å². The molecule has 4 rings (SSSR count). The first kappa shape index (κ1) is 15.0. The molecule has 0 aliphatic heterocycles. The molecule has 0 amide bonds. The number of ketones is 1. The molecule has 0 saturated heterocycles. The number of fused-ring (bicyclic) bond motifs is 1. The molecule has 0 N–H and O–H groups in total. The molecule has 1 atom stereocenters. The molecule has 0 fully saturated rings. The minimum atomic E-state index is 0.0995. The zero-order valence-corrected chi connectivity index (χ0v) is 13.7. The lowest BCUT2D eigenvalue weighted by Crippen LogP contribution is -1.96. The number of hydrogen-bond acceptors (Lipinski definition) is 2. The highest BCUT2D eigenvalue weighted by Gasteiger charge is 2.33. The van der Waals surface area contributed by atoms with Crippen molar-refractivity contribution in [2.45, 2.75) is 12.3 Å². The summed E-state index contributed by atoms with van der Waals surface area (Å²) in [5.74, 6) is 1.51. The van der Waals surface area contributed by atoms with E-state index in [0.717, 1.165) is 11.1 Å². The second-order valence-corrected chi connectivity index (χ2v) is 6.30. The first-order chi connectivity index (χ1) is 11.7. The van der Waals surface area contributed by atoms with Crippen molar-refractivity contribution >= 4 is 17.4 Å². The summed E-state index contributed by atoms with van der Waals surface area (Å²) >= 11 is 5.91. The van der Waals surface area contributed by atoms with Gasteiger partial charge in [-0.3, -0.25) is 4.79 Å². The average Bonchev–Trinajstić information content (AvgIpc) is 2.96. The number of ether oxygens (including phenoxy) is 1. The Hall–Kier alpha value is -2.58. The van der Waals surface area contributed by atoms with Gasteiger partial charge >= 0.3 is 0 Å². The second kappa shape index (κ2) is 6.14. The predicted octanol–water partition coefficient (Wildman–Crippen LogP) is 5.85. The topological polar surface area (TPSA) is 26.3 Å². The van der Waals surface area contributed by atoms with E-state index < -0.39 is 0 Å². The van der Waals surface area contributed by atoms with Crippen LogP contribution in [0.15, 0.2) is 72.8 Å². The normalized spacial score (nSPS) is 16.0. The molecular weight excluding hydrogens is 320 g/mol. The molecule has 0 saturated carbocycles. The van der Waals surface area contributed by atoms with Crippen LogP contribution in [-0.4, -0.2) is 5.78 Å². The summed E-state index contributed by atoms with van der Waals surface area (Å²) in [6.45, 7) is 0. The van der Waals surface area contributed by atoms with E-state index in [1.165, 1.54) is 0 Å². The van der Waals surface area contributed by atoms with Crippen molar-refractivity contribution in [3.05, 3.63) is 94.5 Å². The van der Waals surface area contributed by atoms with Gasteiger partial charge in [-0.15, -0.1) is 0 Å². The largest absolute Gasteiger partial charge is 0.457 e. The van der Waals surface area contributed by atoms with E-state index in [9.17, 15) is 4.79 Å². The van der Waals surface area contributed by atoms with E-state index >= 15 is 0 Å². The molecule has 3 heteroatoms. The summed E-state index contributed by atoms with van der Waals surface area (Å²) in [5.41, 5.74) is 2.90. The van der Waals surface area contributed by atoms with Crippen molar-refractivity contribution in [1.82, 2.24) is 0 Å². The van der Waals surface area contributed by atoms with E-state index in [1.807, 2.05) is 36.4 Å². The molecule has 0 bridgehead atoms. The number of carbonyl (C=O) groups excluding carboxylic acids is 1. The molecule has 0 aromatic heterocycles. The van der Waals surface area contributed by atoms with Crippen molar-refractivity contribution in [3.8, 4) is 11.5 Å². The zero-order chi connectivity index (χ0) is 16.5. The molecule has 0 radical (unpaired) electrons. The fourth-order valence-corrected chi connectivity index (χ4v) is 3.36. The summed E-state index contributed by atoms with van der Waals surface area (Å²) in [6, 6.07) is 23.1. The summed E-state index contributed by atoms with van der Waals surface area (Å²) in [5, 5.41) is 0.654. The summed E-state index contributed by atoms with van der Waals surface area (Å²) in [4.78, 5) is 12.6. The Morgan fingerprint density at radius 2 is 1.62 bits per heavy atom. The minimum Gasteiger partial charge on any atom is -0.457 e. The number of Topliss-reactive ketones (excluding diaryl/α,β-unsaturated/α-hetero) is 1. The third-order valence-electron chi connectivity index (χ3n) is 4.35. The maximum atomic E-state index is 12.6. The smallest absolute Gasteiger partial charge is 0.167 e. The monoisotopic (exact) mass is 334 g/mol. The molecule has 0 heterocycles. The first-order valence-electron chi connectivity index (χ1n) is 7.87. The molecule has 3 aromatic carbocycles. The summed E-state index contributed by atoms with van der Waals surface area (Å²) in [6.07, 6.45) is 0.486. The Labute approximate surface area is 145 Å². The van der Waals surface area contributed by atoms with Crippen LogP contribution in [0.25, 0.3) is 0 Å². The van der Waals surface area contributed by atoms with Crippen molar-refractivity contribution < 1.29 is 9.53 Å². The molecule has 2 nitrogen and oxygen atoms in total. The Morgan fingerprint density at radius 1 is 0.875 bits per heavy atom. The van der Waals surface area contributed by atoms with Crippen LogP contribution >= 0.6 is 11.6 Å². The van der Waals surface area contributed by atoms with Gasteiger partial charge in [-0.25, -0.2) is 0 Å². The van der Waals surface area contributed by atoms with Crippen LogP contribution in [0.5, 0.6) is 11.5 Å². The van der Waals surface area contributed by atoms with Crippen molar-refractivity contribution in [2.24, 2.45) is 0 Å². The lowest BCUT2D eigenvalue weighted by molar-refractivity contribution is 0.0989. The van der Waals surface area contributed by atoms with Gasteiger partial charge < -0.3 is 4.74 Å². The lowest BCUT2D eigenvalue weighted by Gasteiger charge is -2.13. The van der Waals surface area contributed by atoms with E-state index in [0.29, 0.717) is 28.5 Å². The molecule has 24 heavy (non-hydrogen) atoms. The minimum absolute atomic E-state index is 0.0995. The highest BCUT2D eigenvalue weighted by molar-refractivity contribution is 6.30. The quantitative estimate of drug-likeness (QED) is 0.600. The van der Waals surface area contributed by atoms with Gasteiger partial charge in [0.15, 0.2) is 5.78 Å². The Kier molecular flexibility index (Phi) is 3.83. The van der Waals surface area contributed by atoms with E-state index in [1.54, 1.807) is 24.3 Å². The standard InChI is InChI=1S/C21H15ClO2/c22-15-9-11-16(12-10-15)24-20-8-4-7-17-18(13-19(23)21(17)20)14-5-2-1-3-6-14/h1-12,18H,13H2/t18-/m1/s1. The third kappa shape index (κ3) is 2.70. The molecule has 118 valence electrons. The van der Waals surface area contributed by atoms with Gasteiger partial charge in [0.1, 0.15) is 11.5 Å². The average molecular weight is 335 g/mol. The molecular formula is C21H15ClO2. The van der Waals surface area contributed by atoms with Gasteiger partial charge in [-0.2, -0.15) is 0 Å². The van der Waals surface area contributed by atoms with Crippen LogP contribution in [0, 0.1) is 0 Å². The van der Waals surface area contributed by atoms with Gasteiger partial charge in [0.2, 0.25) is 0 Å². The Bertz CT molecular complexity index is 885. The van der Waals surface area contributed by atoms with Gasteiger partial charge in [0, 0.05) is 17.4 Å². The van der Waals surface area contributed by atoms with Crippen LogP contribution < -0.4 is 4.74 Å². The maximum absolute atomic E-state index is 12.6. The number of benzene rings is 3. The zero-order valence-electron chi connectivity index (χ0n) is 12.9. The van der Waals surface area contributed by atoms with Crippen molar-refractivity contribution in [2.75, 3.05) is 0 Å². The number of rotatable bonds is 3. The van der Waals surface area contributed by atoms with Gasteiger partial charge in [0.05, 0.1) is 5.56 Å². The van der Waals surface area contributed by atoms with Crippen LogP contribution in [0.4, 0.5) is 0 Å². The van der Waals surface area contributed by atoms with Crippen LogP contribution in [-0.2, 0) is 0 Å². The van der Waals surface area contributed by atoms with Crippen molar-refractivity contribution in [3.63, 3.8) is 0 Å². The van der Waals surface area contributed by atoms with E-state index in [2.05, 4.69) is 12.1 Å². The highest BCUT2D eigenvalue weighted by atomic mass is 35.5. The number of carbonyl (C=O) groups is 1. The van der Waals surface area contributed by atoms with E-state index in [-0.39, 0.29) is 11.7 Å². The third-order valence-corrected chi connectivity index (χ3v) is 4.60. The van der Waals surface area contributed by atoms with Gasteiger partial charge in [-0.05, 0) is 41.5 Å². The fourth-order valence-electron chi connectivity index (χ4n) is 3.23. The van der Waals surface area contributed by atoms with Crippen molar-refractivity contribution in [1.29, 1.82) is 0 Å². The summed E-state index contributed by atoms with van der Waals surface area (Å²) in [7, 11) is 0. The molecule has 3 aromatic rings. The van der Waals surface area contributed by atoms with Crippen LogP contribution in [0.3, 0.4) is 0 Å².